The molecule has 0 spiro atoms. The number of hydrogen-bond acceptors (Lipinski definition) is 2. The van der Waals surface area contributed by atoms with E-state index in [-0.39, 0.29) is 11.5 Å². The molecule has 0 aliphatic heterocycles. The number of hydrogen-bond donors (Lipinski definition) is 0. The highest BCUT2D eigenvalue weighted by Crippen LogP contribution is 2.18. The van der Waals surface area contributed by atoms with Crippen LogP contribution >= 0.6 is 0 Å². The van der Waals surface area contributed by atoms with Crippen LogP contribution in [0.25, 0.3) is 0 Å². The second-order valence-corrected chi connectivity index (χ2v) is 4.22. The van der Waals surface area contributed by atoms with Gasteiger partial charge in [0.1, 0.15) is 5.75 Å². The predicted octanol–water partition coefficient (Wildman–Crippen LogP) is 4.61. The maximum Gasteiger partial charge on any atom is 0.387 e. The van der Waals surface area contributed by atoms with E-state index in [1.165, 1.54) is 12.1 Å². The zero-order chi connectivity index (χ0) is 14.1. The molecule has 0 aromatic heterocycles. The minimum Gasteiger partial charge on any atom is -0.435 e. The number of Topliss-reactive ketones (excluding diaryl/α,β-unsaturated/α-hetero) is 1. The number of ether oxygens (including phenoxy) is 1. The van der Waals surface area contributed by atoms with Gasteiger partial charge in [0.2, 0.25) is 0 Å². The summed E-state index contributed by atoms with van der Waals surface area (Å²) in [6.07, 6.45) is 6.01. The molecule has 0 heterocycles. The Morgan fingerprint density at radius 1 is 1.32 bits per heavy atom. The Morgan fingerprint density at radius 3 is 2.79 bits per heavy atom. The Balaban J connectivity index is 2.45. The number of alkyl halides is 2. The lowest BCUT2D eigenvalue weighted by Gasteiger charge is -2.06. The van der Waals surface area contributed by atoms with E-state index in [1.807, 2.05) is 6.08 Å². The monoisotopic (exact) mass is 268 g/mol. The summed E-state index contributed by atoms with van der Waals surface area (Å²) in [5.41, 5.74) is 0.418. The zero-order valence-corrected chi connectivity index (χ0v) is 10.8. The fourth-order valence-electron chi connectivity index (χ4n) is 1.74. The largest absolute Gasteiger partial charge is 0.435 e. The number of rotatable bonds is 9. The molecule has 19 heavy (non-hydrogen) atoms. The summed E-state index contributed by atoms with van der Waals surface area (Å²) >= 11 is 0. The summed E-state index contributed by atoms with van der Waals surface area (Å²) < 4.78 is 28.4. The van der Waals surface area contributed by atoms with Crippen molar-refractivity contribution in [2.75, 3.05) is 0 Å². The molecule has 0 bridgehead atoms. The topological polar surface area (TPSA) is 26.3 Å². The minimum atomic E-state index is -2.87. The maximum atomic E-state index is 12.1. The van der Waals surface area contributed by atoms with Crippen LogP contribution in [0, 0.1) is 0 Å². The van der Waals surface area contributed by atoms with E-state index in [0.29, 0.717) is 12.0 Å². The molecule has 0 saturated carbocycles. The lowest BCUT2D eigenvalue weighted by molar-refractivity contribution is -0.0498. The van der Waals surface area contributed by atoms with Crippen molar-refractivity contribution < 1.29 is 18.3 Å². The standard InChI is InChI=1S/C15H18F2O2/c1-2-3-4-5-6-10-14(18)12-8-7-9-13(11-12)19-15(16)17/h2,7-9,11,15H,1,3-6,10H2. The zero-order valence-electron chi connectivity index (χ0n) is 10.8. The van der Waals surface area contributed by atoms with Crippen LogP contribution in [0.5, 0.6) is 5.75 Å². The van der Waals surface area contributed by atoms with Gasteiger partial charge in [-0.25, -0.2) is 0 Å². The molecule has 4 heteroatoms. The van der Waals surface area contributed by atoms with Gasteiger partial charge in [-0.1, -0.05) is 24.6 Å². The van der Waals surface area contributed by atoms with Crippen LogP contribution in [0.15, 0.2) is 36.9 Å². The van der Waals surface area contributed by atoms with E-state index < -0.39 is 6.61 Å². The van der Waals surface area contributed by atoms with Crippen LogP contribution in [-0.4, -0.2) is 12.4 Å². The van der Waals surface area contributed by atoms with Crippen molar-refractivity contribution >= 4 is 5.78 Å². The molecule has 0 amide bonds. The number of benzene rings is 1. The Kier molecular flexibility index (Phi) is 6.79. The third-order valence-corrected chi connectivity index (χ3v) is 2.69. The first-order valence-electron chi connectivity index (χ1n) is 6.32. The first kappa shape index (κ1) is 15.3. The Morgan fingerprint density at radius 2 is 2.11 bits per heavy atom. The van der Waals surface area contributed by atoms with Gasteiger partial charge < -0.3 is 4.74 Å². The summed E-state index contributed by atoms with van der Waals surface area (Å²) in [5, 5.41) is 0. The second-order valence-electron chi connectivity index (χ2n) is 4.22. The van der Waals surface area contributed by atoms with Crippen molar-refractivity contribution in [3.63, 3.8) is 0 Å². The molecule has 0 aliphatic rings. The van der Waals surface area contributed by atoms with Crippen molar-refractivity contribution in [3.8, 4) is 5.75 Å². The first-order chi connectivity index (χ1) is 9.13. The Bertz CT molecular complexity index is 416. The summed E-state index contributed by atoms with van der Waals surface area (Å²) in [5.74, 6) is -0.0224. The fourth-order valence-corrected chi connectivity index (χ4v) is 1.74. The van der Waals surface area contributed by atoms with Gasteiger partial charge >= 0.3 is 6.61 Å². The first-order valence-corrected chi connectivity index (χ1v) is 6.32. The van der Waals surface area contributed by atoms with E-state index >= 15 is 0 Å². The molecule has 2 nitrogen and oxygen atoms in total. The van der Waals surface area contributed by atoms with Gasteiger partial charge in [-0.05, 0) is 31.4 Å². The lowest BCUT2D eigenvalue weighted by atomic mass is 10.0. The Labute approximate surface area is 112 Å². The lowest BCUT2D eigenvalue weighted by Crippen LogP contribution is -2.04. The molecule has 0 N–H and O–H groups in total. The van der Waals surface area contributed by atoms with Crippen molar-refractivity contribution in [2.24, 2.45) is 0 Å². The molecule has 0 aliphatic carbocycles. The predicted molar refractivity (Wildman–Crippen MR) is 70.7 cm³/mol. The minimum absolute atomic E-state index is 0.0208. The van der Waals surface area contributed by atoms with Crippen LogP contribution in [0.2, 0.25) is 0 Å². The van der Waals surface area contributed by atoms with E-state index in [1.54, 1.807) is 12.1 Å². The molecule has 0 radical (unpaired) electrons. The highest BCUT2D eigenvalue weighted by Gasteiger charge is 2.09. The van der Waals surface area contributed by atoms with E-state index in [0.717, 1.165) is 25.7 Å². The number of ketones is 1. The third-order valence-electron chi connectivity index (χ3n) is 2.69. The summed E-state index contributed by atoms with van der Waals surface area (Å²) in [7, 11) is 0. The van der Waals surface area contributed by atoms with Gasteiger partial charge in [0.05, 0.1) is 0 Å². The molecular formula is C15H18F2O2. The van der Waals surface area contributed by atoms with Crippen LogP contribution < -0.4 is 4.74 Å². The summed E-state index contributed by atoms with van der Waals surface area (Å²) in [6, 6.07) is 5.93. The van der Waals surface area contributed by atoms with Crippen molar-refractivity contribution in [1.29, 1.82) is 0 Å². The maximum absolute atomic E-state index is 12.1. The Hall–Kier alpha value is -1.71. The molecule has 0 fully saturated rings. The molecule has 104 valence electrons. The third kappa shape index (κ3) is 6.13. The molecular weight excluding hydrogens is 250 g/mol. The van der Waals surface area contributed by atoms with Crippen LogP contribution in [0.3, 0.4) is 0 Å². The van der Waals surface area contributed by atoms with Crippen LogP contribution in [0.4, 0.5) is 8.78 Å². The molecule has 1 aromatic carbocycles. The van der Waals surface area contributed by atoms with Gasteiger partial charge in [-0.15, -0.1) is 6.58 Å². The van der Waals surface area contributed by atoms with E-state index in [4.69, 9.17) is 0 Å². The second kappa shape index (κ2) is 8.40. The normalized spacial score (nSPS) is 10.5. The van der Waals surface area contributed by atoms with E-state index in [9.17, 15) is 13.6 Å². The van der Waals surface area contributed by atoms with Gasteiger partial charge in [0, 0.05) is 12.0 Å². The van der Waals surface area contributed by atoms with E-state index in [2.05, 4.69) is 11.3 Å². The number of carbonyl (C=O) groups excluding carboxylic acids is 1. The average molecular weight is 268 g/mol. The summed E-state index contributed by atoms with van der Waals surface area (Å²) in [4.78, 5) is 11.9. The molecule has 0 unspecified atom stereocenters. The van der Waals surface area contributed by atoms with Crippen molar-refractivity contribution in [3.05, 3.63) is 42.5 Å². The van der Waals surface area contributed by atoms with Gasteiger partial charge in [-0.2, -0.15) is 8.78 Å². The fraction of sp³-hybridized carbons (Fsp3) is 0.400. The number of carbonyl (C=O) groups is 1. The average Bonchev–Trinajstić information content (AvgIpc) is 2.38. The van der Waals surface area contributed by atoms with Crippen molar-refractivity contribution in [1.82, 2.24) is 0 Å². The van der Waals surface area contributed by atoms with Gasteiger partial charge in [-0.3, -0.25) is 4.79 Å². The molecule has 0 saturated heterocycles. The number of halogens is 2. The quantitative estimate of drug-likeness (QED) is 0.371. The SMILES string of the molecule is C=CCCCCCC(=O)c1cccc(OC(F)F)c1. The number of allylic oxidation sites excluding steroid dienone is 1. The van der Waals surface area contributed by atoms with Crippen molar-refractivity contribution in [2.45, 2.75) is 38.7 Å². The summed E-state index contributed by atoms with van der Waals surface area (Å²) in [6.45, 7) is 0.761. The molecule has 1 aromatic rings. The number of unbranched alkanes of at least 4 members (excludes halogenated alkanes) is 3. The van der Waals surface area contributed by atoms with Gasteiger partial charge in [0.25, 0.3) is 0 Å². The highest BCUT2D eigenvalue weighted by atomic mass is 19.3. The molecule has 0 atom stereocenters. The smallest absolute Gasteiger partial charge is 0.387 e. The highest BCUT2D eigenvalue weighted by molar-refractivity contribution is 5.96. The molecule has 1 rings (SSSR count). The van der Waals surface area contributed by atoms with Gasteiger partial charge in [0.15, 0.2) is 5.78 Å². The van der Waals surface area contributed by atoms with Crippen LogP contribution in [-0.2, 0) is 0 Å². The van der Waals surface area contributed by atoms with Crippen LogP contribution in [0.1, 0.15) is 42.5 Å².